The number of hydrogen-bond acceptors (Lipinski definition) is 4. The Labute approximate surface area is 248 Å². The molecule has 2 aromatic carbocycles. The molecule has 0 radical (unpaired) electrons. The molecule has 0 saturated heterocycles. The molecule has 0 aromatic heterocycles. The van der Waals surface area contributed by atoms with E-state index < -0.39 is 17.5 Å². The third-order valence-electron chi connectivity index (χ3n) is 8.75. The molecule has 2 bridgehead atoms. The van der Waals surface area contributed by atoms with Gasteiger partial charge in [-0.3, -0.25) is 9.59 Å². The van der Waals surface area contributed by atoms with Crippen LogP contribution >= 0.6 is 11.8 Å². The van der Waals surface area contributed by atoms with Gasteiger partial charge < -0.3 is 20.6 Å². The van der Waals surface area contributed by atoms with E-state index in [1.807, 2.05) is 0 Å². The second-order valence-electron chi connectivity index (χ2n) is 12.0. The number of hydrogen-bond donors (Lipinski definition) is 3. The van der Waals surface area contributed by atoms with Crippen molar-refractivity contribution < 1.29 is 32.7 Å². The van der Waals surface area contributed by atoms with Gasteiger partial charge in [-0.05, 0) is 96.5 Å². The summed E-state index contributed by atoms with van der Waals surface area (Å²) in [7, 11) is 0. The number of amides is 3. The molecule has 3 amide bonds. The second-order valence-corrected chi connectivity index (χ2v) is 13.1. The topological polar surface area (TPSA) is 98.7 Å². The zero-order chi connectivity index (χ0) is 30.5. The quantitative estimate of drug-likeness (QED) is 0.245. The number of carbonyl (C=O) groups is 3. The van der Waals surface area contributed by atoms with Gasteiger partial charge in [0.1, 0.15) is 0 Å². The van der Waals surface area contributed by atoms with E-state index in [1.165, 1.54) is 31.0 Å². The zero-order valence-electron chi connectivity index (χ0n) is 23.9. The maximum absolute atomic E-state index is 13.6. The summed E-state index contributed by atoms with van der Waals surface area (Å²) in [5, 5.41) is 14.1. The minimum Gasteiger partial charge on any atom is -0.481 e. The van der Waals surface area contributed by atoms with Crippen molar-refractivity contribution in [2.45, 2.75) is 69.3 Å². The highest BCUT2D eigenvalue weighted by Crippen LogP contribution is 2.57. The van der Waals surface area contributed by atoms with Crippen LogP contribution in [0.3, 0.4) is 0 Å². The minimum atomic E-state index is -4.43. The van der Waals surface area contributed by atoms with Crippen LogP contribution in [0.1, 0.15) is 68.3 Å². The van der Waals surface area contributed by atoms with Crippen LogP contribution in [0.5, 0.6) is 0 Å². The number of nitrogens with one attached hydrogen (secondary N) is 2. The lowest BCUT2D eigenvalue weighted by Crippen LogP contribution is -2.48. The van der Waals surface area contributed by atoms with Gasteiger partial charge in [0.05, 0.1) is 6.42 Å². The Morgan fingerprint density at radius 1 is 1.05 bits per heavy atom. The molecule has 3 aliphatic carbocycles. The highest BCUT2D eigenvalue weighted by atomic mass is 32.2. The Morgan fingerprint density at radius 3 is 2.45 bits per heavy atom. The van der Waals surface area contributed by atoms with Gasteiger partial charge in [-0.1, -0.05) is 38.5 Å². The van der Waals surface area contributed by atoms with Gasteiger partial charge >= 0.3 is 17.5 Å². The van der Waals surface area contributed by atoms with E-state index in [-0.39, 0.29) is 47.8 Å². The number of aliphatic carboxylic acids is 1. The number of alkyl halides is 3. The summed E-state index contributed by atoms with van der Waals surface area (Å²) in [6.07, 6.45) is 5.37. The van der Waals surface area contributed by atoms with Crippen molar-refractivity contribution >= 4 is 35.4 Å². The predicted octanol–water partition coefficient (Wildman–Crippen LogP) is 7.39. The molecule has 2 unspecified atom stereocenters. The molecule has 0 aliphatic heterocycles. The molecule has 228 valence electrons. The minimum absolute atomic E-state index is 0.00847. The number of halogens is 3. The van der Waals surface area contributed by atoms with E-state index >= 15 is 0 Å². The Balaban J connectivity index is 1.48. The Hall–Kier alpha value is -3.21. The number of fused-ring (bicyclic) bond motifs is 4. The normalized spacial score (nSPS) is 21.3. The number of benzene rings is 2. The number of rotatable bonds is 10. The fourth-order valence-electron chi connectivity index (χ4n) is 6.22. The van der Waals surface area contributed by atoms with Crippen LogP contribution in [0, 0.1) is 23.2 Å². The molecule has 42 heavy (non-hydrogen) atoms. The van der Waals surface area contributed by atoms with Crippen molar-refractivity contribution in [3.63, 3.8) is 0 Å². The first-order valence-electron chi connectivity index (χ1n) is 14.3. The smallest absolute Gasteiger partial charge is 0.446 e. The van der Waals surface area contributed by atoms with E-state index in [0.717, 1.165) is 30.7 Å². The molecule has 3 saturated carbocycles. The summed E-state index contributed by atoms with van der Waals surface area (Å²) in [6, 6.07) is 12.1. The number of carboxylic acids is 1. The summed E-state index contributed by atoms with van der Waals surface area (Å²) >= 11 is -0.227. The largest absolute Gasteiger partial charge is 0.481 e. The van der Waals surface area contributed by atoms with Crippen LogP contribution in [0.25, 0.3) is 0 Å². The molecule has 5 rings (SSSR count). The van der Waals surface area contributed by atoms with Gasteiger partial charge in [-0.15, -0.1) is 0 Å². The third-order valence-corrected chi connectivity index (χ3v) is 9.48. The molecule has 2 aromatic rings. The highest BCUT2D eigenvalue weighted by Gasteiger charge is 2.48. The molecule has 3 N–H and O–H groups in total. The van der Waals surface area contributed by atoms with Crippen molar-refractivity contribution in [2.24, 2.45) is 23.2 Å². The van der Waals surface area contributed by atoms with E-state index in [4.69, 9.17) is 5.11 Å². The Bertz CT molecular complexity index is 1270. The molecule has 7 nitrogen and oxygen atoms in total. The van der Waals surface area contributed by atoms with E-state index in [0.29, 0.717) is 29.4 Å². The summed E-state index contributed by atoms with van der Waals surface area (Å²) in [6.45, 7) is 5.47. The summed E-state index contributed by atoms with van der Waals surface area (Å²) in [4.78, 5) is 38.3. The number of carbonyl (C=O) groups excluding carboxylic acids is 2. The van der Waals surface area contributed by atoms with E-state index in [1.54, 1.807) is 35.2 Å². The number of anilines is 1. The van der Waals surface area contributed by atoms with Gasteiger partial charge in [-0.2, -0.15) is 13.2 Å². The molecule has 3 aliphatic rings. The van der Waals surface area contributed by atoms with Crippen LogP contribution in [0.4, 0.5) is 23.7 Å². The van der Waals surface area contributed by atoms with Gasteiger partial charge in [0.25, 0.3) is 5.91 Å². The summed E-state index contributed by atoms with van der Waals surface area (Å²) < 4.78 is 38.7. The first kappa shape index (κ1) is 31.7. The monoisotopic (exact) mass is 605 g/mol. The number of urea groups is 1. The zero-order valence-corrected chi connectivity index (χ0v) is 24.7. The SMILES string of the molecule is CC1(C)C2CCC[C@H](CN(Cc3ccc(C(=O)NCCC(=O)O)cc3)C(=O)Nc3cccc(SC(F)(F)F)c3)CC1C2. The van der Waals surface area contributed by atoms with Crippen molar-refractivity contribution in [2.75, 3.05) is 18.4 Å². The molecular weight excluding hydrogens is 567 g/mol. The van der Waals surface area contributed by atoms with Gasteiger partial charge in [0, 0.05) is 35.8 Å². The van der Waals surface area contributed by atoms with Crippen LogP contribution < -0.4 is 10.6 Å². The van der Waals surface area contributed by atoms with Crippen LogP contribution in [0.15, 0.2) is 53.4 Å². The highest BCUT2D eigenvalue weighted by molar-refractivity contribution is 8.00. The first-order valence-corrected chi connectivity index (χ1v) is 15.1. The lowest BCUT2D eigenvalue weighted by atomic mass is 9.50. The second kappa shape index (κ2) is 13.4. The predicted molar refractivity (Wildman–Crippen MR) is 156 cm³/mol. The molecule has 3 atom stereocenters. The fraction of sp³-hybridized carbons (Fsp3) is 0.516. The number of nitrogens with zero attached hydrogens (tertiary/aromatic N) is 1. The average Bonchev–Trinajstić information content (AvgIpc) is 2.88. The average molecular weight is 606 g/mol. The van der Waals surface area contributed by atoms with Gasteiger partial charge in [0.2, 0.25) is 0 Å². The number of carboxylic acid groups (broad SMARTS) is 1. The molecular formula is C31H38F3N3O4S. The van der Waals surface area contributed by atoms with Gasteiger partial charge in [0.15, 0.2) is 0 Å². The molecule has 3 fully saturated rings. The third kappa shape index (κ3) is 8.65. The van der Waals surface area contributed by atoms with Crippen molar-refractivity contribution in [3.05, 3.63) is 59.7 Å². The lowest BCUT2D eigenvalue weighted by molar-refractivity contribution is -0.136. The van der Waals surface area contributed by atoms with E-state index in [9.17, 15) is 27.6 Å². The standard InChI is InChI=1S/C31H38F3N3O4S/c1-30(2)23-6-3-5-21(15-24(30)16-23)19-37(29(41)36-25-7-4-8-26(17-25)42-31(32,33)34)18-20-9-11-22(12-10-20)28(40)35-14-13-27(38)39/h4,7-12,17,21,23-24H,3,5-6,13-16,18-19H2,1-2H3,(H,35,40)(H,36,41)(H,38,39)/t21-,23?,24?/m0/s1. The molecule has 0 spiro atoms. The molecule has 11 heteroatoms. The van der Waals surface area contributed by atoms with Gasteiger partial charge in [-0.25, -0.2) is 4.79 Å². The van der Waals surface area contributed by atoms with Crippen molar-refractivity contribution in [3.8, 4) is 0 Å². The maximum atomic E-state index is 13.6. The Kier molecular flexibility index (Phi) is 10.1. The maximum Gasteiger partial charge on any atom is 0.446 e. The number of thioether (sulfide) groups is 1. The van der Waals surface area contributed by atoms with Crippen molar-refractivity contribution in [1.29, 1.82) is 0 Å². The fourth-order valence-corrected chi connectivity index (χ4v) is 6.82. The van der Waals surface area contributed by atoms with Crippen LogP contribution in [0.2, 0.25) is 0 Å². The van der Waals surface area contributed by atoms with Crippen LogP contribution in [-0.2, 0) is 11.3 Å². The van der Waals surface area contributed by atoms with Crippen LogP contribution in [-0.4, -0.2) is 46.5 Å². The van der Waals surface area contributed by atoms with E-state index in [2.05, 4.69) is 24.5 Å². The Morgan fingerprint density at radius 2 is 1.79 bits per heavy atom. The molecule has 0 heterocycles. The first-order chi connectivity index (χ1) is 19.8. The lowest BCUT2D eigenvalue weighted by Gasteiger charge is -2.55. The summed E-state index contributed by atoms with van der Waals surface area (Å²) in [5.41, 5.74) is -2.68. The van der Waals surface area contributed by atoms with Crippen molar-refractivity contribution in [1.82, 2.24) is 10.2 Å². The summed E-state index contributed by atoms with van der Waals surface area (Å²) in [5.74, 6) is 0.273.